The summed E-state index contributed by atoms with van der Waals surface area (Å²) in [5.41, 5.74) is 3.03. The summed E-state index contributed by atoms with van der Waals surface area (Å²) in [6.45, 7) is 4.21. The number of nitrogens with one attached hydrogen (secondary N) is 2. The Bertz CT molecular complexity index is 755. The number of aryl methyl sites for hydroxylation is 2. The fourth-order valence-corrected chi connectivity index (χ4v) is 3.30. The SMILES string of the molecule is CCCc1cc(C(=O)Nc2nc3ccccc3[nH]2)sc1C. The van der Waals surface area contributed by atoms with Crippen molar-refractivity contribution in [2.75, 3.05) is 5.32 Å². The molecule has 2 heterocycles. The maximum absolute atomic E-state index is 12.3. The Kier molecular flexibility index (Phi) is 3.75. The van der Waals surface area contributed by atoms with Gasteiger partial charge in [0.2, 0.25) is 5.95 Å². The molecule has 21 heavy (non-hydrogen) atoms. The monoisotopic (exact) mass is 299 g/mol. The van der Waals surface area contributed by atoms with Crippen LogP contribution >= 0.6 is 11.3 Å². The number of anilines is 1. The van der Waals surface area contributed by atoms with Crippen molar-refractivity contribution in [2.24, 2.45) is 0 Å². The molecule has 2 N–H and O–H groups in total. The number of hydrogen-bond donors (Lipinski definition) is 2. The second-order valence-electron chi connectivity index (χ2n) is 5.00. The number of aromatic nitrogens is 2. The molecular formula is C16H17N3OS. The highest BCUT2D eigenvalue weighted by atomic mass is 32.1. The van der Waals surface area contributed by atoms with E-state index in [1.165, 1.54) is 21.8 Å². The number of benzene rings is 1. The van der Waals surface area contributed by atoms with Crippen molar-refractivity contribution in [3.8, 4) is 0 Å². The van der Waals surface area contributed by atoms with E-state index in [2.05, 4.69) is 29.1 Å². The van der Waals surface area contributed by atoms with Crippen molar-refractivity contribution in [1.29, 1.82) is 0 Å². The zero-order chi connectivity index (χ0) is 14.8. The fourth-order valence-electron chi connectivity index (χ4n) is 2.33. The lowest BCUT2D eigenvalue weighted by Crippen LogP contribution is -2.11. The van der Waals surface area contributed by atoms with Crippen LogP contribution in [0.1, 0.15) is 33.5 Å². The summed E-state index contributed by atoms with van der Waals surface area (Å²) in [7, 11) is 0. The van der Waals surface area contributed by atoms with Crippen LogP contribution in [0.5, 0.6) is 0 Å². The molecule has 0 spiro atoms. The molecule has 3 rings (SSSR count). The number of H-pyrrole nitrogens is 1. The number of carbonyl (C=O) groups is 1. The van der Waals surface area contributed by atoms with Crippen LogP contribution in [0.25, 0.3) is 11.0 Å². The molecule has 1 amide bonds. The molecule has 1 aromatic carbocycles. The largest absolute Gasteiger partial charge is 0.324 e. The second-order valence-corrected chi connectivity index (χ2v) is 6.26. The van der Waals surface area contributed by atoms with Gasteiger partial charge in [-0.25, -0.2) is 4.98 Å². The van der Waals surface area contributed by atoms with E-state index in [4.69, 9.17) is 0 Å². The van der Waals surface area contributed by atoms with E-state index in [0.717, 1.165) is 28.8 Å². The van der Waals surface area contributed by atoms with E-state index in [0.29, 0.717) is 5.95 Å². The maximum atomic E-state index is 12.3. The summed E-state index contributed by atoms with van der Waals surface area (Å²) >= 11 is 1.53. The average Bonchev–Trinajstić information content (AvgIpc) is 3.03. The zero-order valence-electron chi connectivity index (χ0n) is 12.1. The number of amides is 1. The molecule has 0 unspecified atom stereocenters. The molecule has 0 saturated heterocycles. The van der Waals surface area contributed by atoms with Gasteiger partial charge in [0.05, 0.1) is 15.9 Å². The highest BCUT2D eigenvalue weighted by Crippen LogP contribution is 2.24. The quantitative estimate of drug-likeness (QED) is 0.760. The number of thiophene rings is 1. The number of imidazole rings is 1. The molecule has 2 aromatic heterocycles. The summed E-state index contributed by atoms with van der Waals surface area (Å²) in [6, 6.07) is 9.70. The van der Waals surface area contributed by atoms with Crippen LogP contribution < -0.4 is 5.32 Å². The van der Waals surface area contributed by atoms with Gasteiger partial charge < -0.3 is 4.98 Å². The predicted molar refractivity (Wildman–Crippen MR) is 87.1 cm³/mol. The highest BCUT2D eigenvalue weighted by molar-refractivity contribution is 7.14. The van der Waals surface area contributed by atoms with Gasteiger partial charge in [-0.05, 0) is 37.1 Å². The van der Waals surface area contributed by atoms with Crippen LogP contribution in [-0.4, -0.2) is 15.9 Å². The zero-order valence-corrected chi connectivity index (χ0v) is 12.9. The van der Waals surface area contributed by atoms with Gasteiger partial charge >= 0.3 is 0 Å². The lowest BCUT2D eigenvalue weighted by molar-refractivity contribution is 0.103. The third-order valence-corrected chi connectivity index (χ3v) is 4.48. The van der Waals surface area contributed by atoms with Crippen molar-refractivity contribution >= 4 is 34.2 Å². The lowest BCUT2D eigenvalue weighted by Gasteiger charge is -1.97. The van der Waals surface area contributed by atoms with Gasteiger partial charge in [-0.3, -0.25) is 10.1 Å². The molecule has 4 nitrogen and oxygen atoms in total. The number of nitrogens with zero attached hydrogens (tertiary/aromatic N) is 1. The van der Waals surface area contributed by atoms with Gasteiger partial charge in [0.25, 0.3) is 5.91 Å². The maximum Gasteiger partial charge on any atom is 0.268 e. The first-order chi connectivity index (χ1) is 10.2. The standard InChI is InChI=1S/C16H17N3OS/c1-3-6-11-9-14(21-10(11)2)15(20)19-16-17-12-7-4-5-8-13(12)18-16/h4-5,7-9H,3,6H2,1-2H3,(H2,17,18,19,20). The first-order valence-corrected chi connectivity index (χ1v) is 7.84. The predicted octanol–water partition coefficient (Wildman–Crippen LogP) is 4.14. The van der Waals surface area contributed by atoms with E-state index >= 15 is 0 Å². The summed E-state index contributed by atoms with van der Waals surface area (Å²) < 4.78 is 0. The molecule has 0 fully saturated rings. The lowest BCUT2D eigenvalue weighted by atomic mass is 10.1. The Balaban J connectivity index is 1.80. The Morgan fingerprint density at radius 2 is 2.19 bits per heavy atom. The van der Waals surface area contributed by atoms with Gasteiger partial charge in [0.15, 0.2) is 0 Å². The molecule has 0 atom stereocenters. The van der Waals surface area contributed by atoms with Gasteiger partial charge in [-0.15, -0.1) is 11.3 Å². The van der Waals surface area contributed by atoms with Gasteiger partial charge in [-0.1, -0.05) is 25.5 Å². The summed E-state index contributed by atoms with van der Waals surface area (Å²) in [4.78, 5) is 21.7. The molecule has 0 aliphatic carbocycles. The number of carbonyl (C=O) groups excluding carboxylic acids is 1. The third-order valence-electron chi connectivity index (χ3n) is 3.39. The molecule has 108 valence electrons. The minimum absolute atomic E-state index is 0.107. The van der Waals surface area contributed by atoms with E-state index in [-0.39, 0.29) is 5.91 Å². The molecule has 0 saturated carbocycles. The minimum Gasteiger partial charge on any atom is -0.324 e. The normalized spacial score (nSPS) is 11.0. The van der Waals surface area contributed by atoms with Crippen LogP contribution in [0.15, 0.2) is 30.3 Å². The number of aromatic amines is 1. The number of rotatable bonds is 4. The summed E-state index contributed by atoms with van der Waals surface area (Å²) in [5, 5.41) is 2.84. The van der Waals surface area contributed by atoms with E-state index in [1.807, 2.05) is 30.3 Å². The molecular weight excluding hydrogens is 282 g/mol. The highest BCUT2D eigenvalue weighted by Gasteiger charge is 2.13. The van der Waals surface area contributed by atoms with Gasteiger partial charge in [0, 0.05) is 4.88 Å². The Hall–Kier alpha value is -2.14. The Morgan fingerprint density at radius 3 is 2.95 bits per heavy atom. The molecule has 0 aliphatic heterocycles. The van der Waals surface area contributed by atoms with E-state index < -0.39 is 0 Å². The number of para-hydroxylation sites is 2. The second kappa shape index (κ2) is 5.69. The Morgan fingerprint density at radius 1 is 1.38 bits per heavy atom. The summed E-state index contributed by atoms with van der Waals surface area (Å²) in [5.74, 6) is 0.383. The fraction of sp³-hybridized carbons (Fsp3) is 0.250. The number of fused-ring (bicyclic) bond motifs is 1. The van der Waals surface area contributed by atoms with E-state index in [1.54, 1.807) is 0 Å². The van der Waals surface area contributed by atoms with Crippen molar-refractivity contribution < 1.29 is 4.79 Å². The van der Waals surface area contributed by atoms with Gasteiger partial charge in [0.1, 0.15) is 0 Å². The molecule has 0 radical (unpaired) electrons. The van der Waals surface area contributed by atoms with Crippen molar-refractivity contribution in [1.82, 2.24) is 9.97 Å². The molecule has 5 heteroatoms. The minimum atomic E-state index is -0.107. The summed E-state index contributed by atoms with van der Waals surface area (Å²) in [6.07, 6.45) is 2.10. The van der Waals surface area contributed by atoms with Gasteiger partial charge in [-0.2, -0.15) is 0 Å². The topological polar surface area (TPSA) is 57.8 Å². The molecule has 3 aromatic rings. The van der Waals surface area contributed by atoms with E-state index in [9.17, 15) is 4.79 Å². The van der Waals surface area contributed by atoms with Crippen molar-refractivity contribution in [3.05, 3.63) is 45.6 Å². The van der Waals surface area contributed by atoms with Crippen LogP contribution in [-0.2, 0) is 6.42 Å². The molecule has 0 aliphatic rings. The smallest absolute Gasteiger partial charge is 0.268 e. The number of hydrogen-bond acceptors (Lipinski definition) is 3. The van der Waals surface area contributed by atoms with Crippen molar-refractivity contribution in [2.45, 2.75) is 26.7 Å². The van der Waals surface area contributed by atoms with Crippen LogP contribution in [0.2, 0.25) is 0 Å². The van der Waals surface area contributed by atoms with Crippen molar-refractivity contribution in [3.63, 3.8) is 0 Å². The Labute approximate surface area is 127 Å². The first kappa shape index (κ1) is 13.8. The molecule has 0 bridgehead atoms. The van der Waals surface area contributed by atoms with Crippen LogP contribution in [0.3, 0.4) is 0 Å². The average molecular weight is 299 g/mol. The van der Waals surface area contributed by atoms with Crippen LogP contribution in [0, 0.1) is 6.92 Å². The van der Waals surface area contributed by atoms with Crippen LogP contribution in [0.4, 0.5) is 5.95 Å². The first-order valence-electron chi connectivity index (χ1n) is 7.02. The third kappa shape index (κ3) is 2.83.